The van der Waals surface area contributed by atoms with Gasteiger partial charge in [0.15, 0.2) is 0 Å². The normalized spacial score (nSPS) is 25.7. The quantitative estimate of drug-likeness (QED) is 0.596. The topological polar surface area (TPSA) is 15.3 Å². The molecule has 54 valence electrons. The number of nitrogens with one attached hydrogen (secondary N) is 1. The van der Waals surface area contributed by atoms with Crippen LogP contribution in [0.2, 0.25) is 0 Å². The van der Waals surface area contributed by atoms with Gasteiger partial charge in [-0.05, 0) is 20.3 Å². The molecule has 1 aliphatic heterocycles. The van der Waals surface area contributed by atoms with E-state index in [4.69, 9.17) is 0 Å². The van der Waals surface area contributed by atoms with Gasteiger partial charge in [0.05, 0.1) is 0 Å². The zero-order chi connectivity index (χ0) is 6.91. The number of hydrogen-bond acceptors (Lipinski definition) is 2. The van der Waals surface area contributed by atoms with Crippen molar-refractivity contribution < 1.29 is 0 Å². The lowest BCUT2D eigenvalue weighted by atomic mass is 10.0. The molecule has 0 bridgehead atoms. The maximum atomic E-state index is 3.27. The molecule has 0 aromatic heterocycles. The predicted octanol–water partition coefficient (Wildman–Crippen LogP) is 0.995. The van der Waals surface area contributed by atoms with Gasteiger partial charge in [0.25, 0.3) is 0 Å². The highest BCUT2D eigenvalue weighted by molar-refractivity contribution is 4.88. The van der Waals surface area contributed by atoms with Gasteiger partial charge in [-0.2, -0.15) is 0 Å². The summed E-state index contributed by atoms with van der Waals surface area (Å²) in [7, 11) is 0. The minimum absolute atomic E-state index is 0.413. The smallest absolute Gasteiger partial charge is 0.0436 e. The number of hydrazine groups is 1. The Morgan fingerprint density at radius 3 is 2.33 bits per heavy atom. The summed E-state index contributed by atoms with van der Waals surface area (Å²) in [5.41, 5.74) is 3.68. The monoisotopic (exact) mass is 128 g/mol. The van der Waals surface area contributed by atoms with Crippen molar-refractivity contribution in [3.63, 3.8) is 0 Å². The lowest BCUT2D eigenvalue weighted by Crippen LogP contribution is -2.68. The summed E-state index contributed by atoms with van der Waals surface area (Å²) in [6, 6.07) is 0. The first-order valence-corrected chi connectivity index (χ1v) is 3.68. The van der Waals surface area contributed by atoms with Crippen molar-refractivity contribution in [1.29, 1.82) is 0 Å². The second-order valence-corrected chi connectivity index (χ2v) is 3.30. The third-order valence-corrected chi connectivity index (χ3v) is 1.88. The van der Waals surface area contributed by atoms with Crippen molar-refractivity contribution in [1.82, 2.24) is 10.4 Å². The third-order valence-electron chi connectivity index (χ3n) is 1.88. The molecule has 0 aromatic carbocycles. The second kappa shape index (κ2) is 2.27. The average molecular weight is 128 g/mol. The van der Waals surface area contributed by atoms with Gasteiger partial charge in [0, 0.05) is 18.6 Å². The summed E-state index contributed by atoms with van der Waals surface area (Å²) in [6.45, 7) is 9.04. The van der Waals surface area contributed by atoms with Crippen LogP contribution in [0.1, 0.15) is 27.2 Å². The highest BCUT2D eigenvalue weighted by Gasteiger charge is 2.34. The van der Waals surface area contributed by atoms with E-state index >= 15 is 0 Å². The summed E-state index contributed by atoms with van der Waals surface area (Å²) in [5, 5.41) is 2.30. The van der Waals surface area contributed by atoms with Crippen LogP contribution in [0.25, 0.3) is 0 Å². The van der Waals surface area contributed by atoms with Crippen molar-refractivity contribution in [3.05, 3.63) is 0 Å². The Hall–Kier alpha value is -0.0800. The Morgan fingerprint density at radius 1 is 1.56 bits per heavy atom. The summed E-state index contributed by atoms with van der Waals surface area (Å²) in [4.78, 5) is 0. The van der Waals surface area contributed by atoms with E-state index in [1.54, 1.807) is 0 Å². The lowest BCUT2D eigenvalue weighted by molar-refractivity contribution is -0.0399. The van der Waals surface area contributed by atoms with Crippen LogP contribution in [0.15, 0.2) is 0 Å². The Kier molecular flexibility index (Phi) is 1.78. The van der Waals surface area contributed by atoms with Crippen LogP contribution < -0.4 is 5.43 Å². The van der Waals surface area contributed by atoms with Gasteiger partial charge < -0.3 is 0 Å². The van der Waals surface area contributed by atoms with Crippen molar-refractivity contribution in [3.8, 4) is 0 Å². The molecule has 1 N–H and O–H groups in total. The number of rotatable bonds is 2. The van der Waals surface area contributed by atoms with Crippen molar-refractivity contribution in [2.75, 3.05) is 13.1 Å². The fraction of sp³-hybridized carbons (Fsp3) is 1.00. The molecule has 2 nitrogen and oxygen atoms in total. The standard InChI is InChI=1S/C7H16N2/c1-4-5-9-7(2,3)6-8-9/h8H,4-6H2,1-3H3. The van der Waals surface area contributed by atoms with Gasteiger partial charge >= 0.3 is 0 Å². The van der Waals surface area contributed by atoms with Gasteiger partial charge in [-0.1, -0.05) is 6.92 Å². The summed E-state index contributed by atoms with van der Waals surface area (Å²) in [6.07, 6.45) is 1.23. The minimum atomic E-state index is 0.413. The lowest BCUT2D eigenvalue weighted by Gasteiger charge is -2.48. The van der Waals surface area contributed by atoms with Gasteiger partial charge in [0.2, 0.25) is 0 Å². The maximum Gasteiger partial charge on any atom is 0.0436 e. The van der Waals surface area contributed by atoms with Gasteiger partial charge in [-0.25, -0.2) is 5.01 Å². The van der Waals surface area contributed by atoms with Crippen molar-refractivity contribution >= 4 is 0 Å². The Bertz CT molecular complexity index is 99.1. The Morgan fingerprint density at radius 2 is 2.22 bits per heavy atom. The minimum Gasteiger partial charge on any atom is -0.253 e. The van der Waals surface area contributed by atoms with Crippen LogP contribution >= 0.6 is 0 Å². The average Bonchev–Trinajstić information content (AvgIpc) is 1.81. The second-order valence-electron chi connectivity index (χ2n) is 3.30. The van der Waals surface area contributed by atoms with Crippen LogP contribution in [0.5, 0.6) is 0 Å². The molecule has 0 atom stereocenters. The molecule has 2 heteroatoms. The fourth-order valence-electron chi connectivity index (χ4n) is 1.11. The van der Waals surface area contributed by atoms with Crippen molar-refractivity contribution in [2.45, 2.75) is 32.7 Å². The molecule has 9 heavy (non-hydrogen) atoms. The molecule has 1 rings (SSSR count). The first-order valence-electron chi connectivity index (χ1n) is 3.68. The molecule has 0 aromatic rings. The molecular weight excluding hydrogens is 112 g/mol. The maximum absolute atomic E-state index is 3.27. The molecule has 0 amide bonds. The Labute approximate surface area is 57.2 Å². The Balaban J connectivity index is 2.28. The molecule has 0 radical (unpaired) electrons. The van der Waals surface area contributed by atoms with Gasteiger partial charge in [-0.3, -0.25) is 5.43 Å². The highest BCUT2D eigenvalue weighted by Crippen LogP contribution is 2.18. The SMILES string of the molecule is CCCN1NCC1(C)C. The summed E-state index contributed by atoms with van der Waals surface area (Å²) in [5.74, 6) is 0. The van der Waals surface area contributed by atoms with E-state index in [9.17, 15) is 0 Å². The van der Waals surface area contributed by atoms with E-state index in [1.165, 1.54) is 13.0 Å². The largest absolute Gasteiger partial charge is 0.253 e. The highest BCUT2D eigenvalue weighted by atomic mass is 15.6. The van der Waals surface area contributed by atoms with E-state index in [2.05, 4.69) is 31.2 Å². The van der Waals surface area contributed by atoms with E-state index in [1.807, 2.05) is 0 Å². The number of hydrogen-bond donors (Lipinski definition) is 1. The summed E-state index contributed by atoms with van der Waals surface area (Å²) >= 11 is 0. The van der Waals surface area contributed by atoms with E-state index in [0.29, 0.717) is 5.54 Å². The van der Waals surface area contributed by atoms with Crippen LogP contribution in [0.4, 0.5) is 0 Å². The molecule has 0 aliphatic carbocycles. The van der Waals surface area contributed by atoms with E-state index in [-0.39, 0.29) is 0 Å². The van der Waals surface area contributed by atoms with Gasteiger partial charge in [-0.15, -0.1) is 0 Å². The van der Waals surface area contributed by atoms with E-state index < -0.39 is 0 Å². The summed E-state index contributed by atoms with van der Waals surface area (Å²) < 4.78 is 0. The van der Waals surface area contributed by atoms with E-state index in [0.717, 1.165) is 6.54 Å². The molecule has 0 unspecified atom stereocenters. The first kappa shape index (κ1) is 7.03. The fourth-order valence-corrected chi connectivity index (χ4v) is 1.11. The zero-order valence-corrected chi connectivity index (χ0v) is 6.57. The van der Waals surface area contributed by atoms with Crippen LogP contribution in [-0.2, 0) is 0 Å². The van der Waals surface area contributed by atoms with Gasteiger partial charge in [0.1, 0.15) is 0 Å². The van der Waals surface area contributed by atoms with Crippen molar-refractivity contribution in [2.24, 2.45) is 0 Å². The first-order chi connectivity index (χ1) is 4.17. The zero-order valence-electron chi connectivity index (χ0n) is 6.57. The van der Waals surface area contributed by atoms with Crippen LogP contribution in [0.3, 0.4) is 0 Å². The molecule has 0 spiro atoms. The number of nitrogens with zero attached hydrogens (tertiary/aromatic N) is 1. The molecule has 1 fully saturated rings. The predicted molar refractivity (Wildman–Crippen MR) is 39.1 cm³/mol. The molecular formula is C7H16N2. The molecule has 1 saturated heterocycles. The van der Waals surface area contributed by atoms with Crippen LogP contribution in [-0.4, -0.2) is 23.6 Å². The molecule has 1 aliphatic rings. The third kappa shape index (κ3) is 1.25. The van der Waals surface area contributed by atoms with Crippen LogP contribution in [0, 0.1) is 0 Å². The molecule has 0 saturated carbocycles. The molecule has 1 heterocycles.